The minimum absolute atomic E-state index is 0.234. The van der Waals surface area contributed by atoms with Crippen LogP contribution in [0, 0.1) is 19.7 Å². The van der Waals surface area contributed by atoms with Gasteiger partial charge in [-0.2, -0.15) is 0 Å². The van der Waals surface area contributed by atoms with Crippen molar-refractivity contribution in [2.24, 2.45) is 0 Å². The summed E-state index contributed by atoms with van der Waals surface area (Å²) in [6.07, 6.45) is 5.13. The van der Waals surface area contributed by atoms with Gasteiger partial charge in [0.2, 0.25) is 0 Å². The van der Waals surface area contributed by atoms with E-state index in [2.05, 4.69) is 51.4 Å². The van der Waals surface area contributed by atoms with Gasteiger partial charge >= 0.3 is 0 Å². The van der Waals surface area contributed by atoms with Crippen LogP contribution < -0.4 is 0 Å². The van der Waals surface area contributed by atoms with Gasteiger partial charge in [0.05, 0.1) is 29.4 Å². The van der Waals surface area contributed by atoms with E-state index in [1.165, 1.54) is 17.8 Å². The zero-order chi connectivity index (χ0) is 21.4. The summed E-state index contributed by atoms with van der Waals surface area (Å²) in [6, 6.07) is 10.6. The highest BCUT2D eigenvalue weighted by molar-refractivity contribution is 5.62. The van der Waals surface area contributed by atoms with Crippen molar-refractivity contribution < 1.29 is 9.13 Å². The zero-order valence-corrected chi connectivity index (χ0v) is 17.6. The van der Waals surface area contributed by atoms with E-state index in [4.69, 9.17) is 9.72 Å². The van der Waals surface area contributed by atoms with E-state index >= 15 is 0 Å². The number of imidazole rings is 1. The number of aryl methyl sites for hydroxylation is 2. The van der Waals surface area contributed by atoms with E-state index in [0.717, 1.165) is 35.7 Å². The largest absolute Gasteiger partial charge is 0.369 e. The number of morpholine rings is 1. The van der Waals surface area contributed by atoms with Crippen molar-refractivity contribution in [1.82, 2.24) is 24.3 Å². The number of aromatic nitrogens is 4. The third kappa shape index (κ3) is 3.82. The molecule has 1 aromatic carbocycles. The van der Waals surface area contributed by atoms with Gasteiger partial charge in [0.1, 0.15) is 17.6 Å². The molecule has 0 saturated carbocycles. The number of halogens is 1. The molecule has 1 fully saturated rings. The number of fused-ring (bicyclic) bond motifs is 1. The predicted molar refractivity (Wildman–Crippen MR) is 116 cm³/mol. The first-order valence-electron chi connectivity index (χ1n) is 10.4. The lowest BCUT2D eigenvalue weighted by molar-refractivity contribution is -0.0353. The van der Waals surface area contributed by atoms with E-state index in [-0.39, 0.29) is 11.9 Å². The summed E-state index contributed by atoms with van der Waals surface area (Å²) in [4.78, 5) is 16.2. The van der Waals surface area contributed by atoms with E-state index in [1.807, 2.05) is 6.07 Å². The van der Waals surface area contributed by atoms with Crippen LogP contribution in [0.15, 0.2) is 55.0 Å². The van der Waals surface area contributed by atoms with Gasteiger partial charge in [-0.3, -0.25) is 14.9 Å². The molecule has 1 saturated heterocycles. The number of hydrogen-bond acceptors (Lipinski definition) is 5. The number of nitrogens with zero attached hydrogens (tertiary/aromatic N) is 5. The summed E-state index contributed by atoms with van der Waals surface area (Å²) in [5, 5.41) is 0. The lowest BCUT2D eigenvalue weighted by Gasteiger charge is -2.33. The first kappa shape index (κ1) is 19.8. The lowest BCUT2D eigenvalue weighted by atomic mass is 10.0. The predicted octanol–water partition coefficient (Wildman–Crippen LogP) is 4.12. The summed E-state index contributed by atoms with van der Waals surface area (Å²) in [6.45, 7) is 7.01. The van der Waals surface area contributed by atoms with Gasteiger partial charge in [-0.1, -0.05) is 18.2 Å². The zero-order valence-electron chi connectivity index (χ0n) is 17.6. The van der Waals surface area contributed by atoms with Crippen LogP contribution in [-0.4, -0.2) is 43.9 Å². The topological polar surface area (TPSA) is 55.5 Å². The molecule has 158 valence electrons. The maximum Gasteiger partial charge on any atom is 0.140 e. The maximum atomic E-state index is 13.8. The summed E-state index contributed by atoms with van der Waals surface area (Å²) >= 11 is 0. The molecule has 6 nitrogen and oxygen atoms in total. The quantitative estimate of drug-likeness (QED) is 0.500. The van der Waals surface area contributed by atoms with Crippen LogP contribution in [0.5, 0.6) is 0 Å². The third-order valence-corrected chi connectivity index (χ3v) is 5.80. The van der Waals surface area contributed by atoms with Crippen molar-refractivity contribution in [3.05, 3.63) is 83.5 Å². The Labute approximate surface area is 180 Å². The second kappa shape index (κ2) is 8.17. The van der Waals surface area contributed by atoms with E-state index < -0.39 is 0 Å². The molecule has 1 aliphatic rings. The molecule has 0 radical (unpaired) electrons. The van der Waals surface area contributed by atoms with Crippen LogP contribution in [-0.2, 0) is 11.3 Å². The fourth-order valence-corrected chi connectivity index (χ4v) is 4.22. The summed E-state index contributed by atoms with van der Waals surface area (Å²) in [7, 11) is 0. The number of benzene rings is 1. The van der Waals surface area contributed by atoms with E-state index in [1.54, 1.807) is 18.5 Å². The fraction of sp³-hybridized carbons (Fsp3) is 0.292. The first-order valence-corrected chi connectivity index (χ1v) is 10.4. The van der Waals surface area contributed by atoms with Crippen LogP contribution >= 0.6 is 0 Å². The molecule has 7 heteroatoms. The van der Waals surface area contributed by atoms with Crippen LogP contribution in [0.3, 0.4) is 0 Å². The Morgan fingerprint density at radius 3 is 2.87 bits per heavy atom. The Morgan fingerprint density at radius 1 is 1.13 bits per heavy atom. The van der Waals surface area contributed by atoms with Crippen molar-refractivity contribution in [3.63, 3.8) is 0 Å². The Bertz CT molecular complexity index is 1240. The molecular weight excluding hydrogens is 393 g/mol. The van der Waals surface area contributed by atoms with Crippen LogP contribution in [0.25, 0.3) is 16.9 Å². The highest BCUT2D eigenvalue weighted by Gasteiger charge is 2.27. The van der Waals surface area contributed by atoms with Gasteiger partial charge in [-0.05, 0) is 37.6 Å². The summed E-state index contributed by atoms with van der Waals surface area (Å²) < 4.78 is 22.1. The van der Waals surface area contributed by atoms with E-state index in [0.29, 0.717) is 24.4 Å². The molecule has 0 N–H and O–H groups in total. The smallest absolute Gasteiger partial charge is 0.140 e. The average Bonchev–Trinajstić information content (AvgIpc) is 3.10. The maximum absolute atomic E-state index is 13.8. The van der Waals surface area contributed by atoms with Crippen molar-refractivity contribution in [2.75, 3.05) is 19.7 Å². The molecule has 4 heterocycles. The molecule has 0 bridgehead atoms. The third-order valence-electron chi connectivity index (χ3n) is 5.80. The average molecular weight is 417 g/mol. The highest BCUT2D eigenvalue weighted by Crippen LogP contribution is 2.30. The monoisotopic (exact) mass is 417 g/mol. The highest BCUT2D eigenvalue weighted by atomic mass is 19.1. The van der Waals surface area contributed by atoms with Crippen LogP contribution in [0.4, 0.5) is 4.39 Å². The van der Waals surface area contributed by atoms with Gasteiger partial charge < -0.3 is 9.14 Å². The van der Waals surface area contributed by atoms with Gasteiger partial charge in [-0.25, -0.2) is 9.37 Å². The molecule has 0 amide bonds. The van der Waals surface area contributed by atoms with Gasteiger partial charge in [0, 0.05) is 43.8 Å². The van der Waals surface area contributed by atoms with Crippen LogP contribution in [0.2, 0.25) is 0 Å². The molecule has 31 heavy (non-hydrogen) atoms. The normalized spacial score (nSPS) is 17.3. The second-order valence-electron chi connectivity index (χ2n) is 7.92. The van der Waals surface area contributed by atoms with Crippen LogP contribution in [0.1, 0.15) is 28.7 Å². The van der Waals surface area contributed by atoms with Crippen molar-refractivity contribution in [2.45, 2.75) is 26.5 Å². The fourth-order valence-electron chi connectivity index (χ4n) is 4.22. The summed E-state index contributed by atoms with van der Waals surface area (Å²) in [5.41, 5.74) is 6.50. The Kier molecular flexibility index (Phi) is 5.21. The minimum Gasteiger partial charge on any atom is -0.369 e. The molecule has 1 aliphatic heterocycles. The van der Waals surface area contributed by atoms with Crippen molar-refractivity contribution in [3.8, 4) is 11.3 Å². The van der Waals surface area contributed by atoms with Crippen molar-refractivity contribution in [1.29, 1.82) is 0 Å². The Morgan fingerprint density at radius 2 is 2.00 bits per heavy atom. The summed E-state index contributed by atoms with van der Waals surface area (Å²) in [5.74, 6) is -0.293. The molecule has 3 aromatic heterocycles. The van der Waals surface area contributed by atoms with Gasteiger partial charge in [0.15, 0.2) is 0 Å². The molecule has 4 aromatic rings. The molecular formula is C24H24FN5O. The first-order chi connectivity index (χ1) is 15.1. The molecule has 1 atom stereocenters. The Hall–Kier alpha value is -3.16. The SMILES string of the molecule is Cc1nc2c(C)cccn2c1CN1CCO[C@H](c2nccnc2-c2cccc(F)c2)C1. The van der Waals surface area contributed by atoms with Crippen molar-refractivity contribution >= 4 is 5.65 Å². The molecule has 0 aliphatic carbocycles. The number of rotatable bonds is 4. The molecule has 5 rings (SSSR count). The molecule has 0 unspecified atom stereocenters. The standard InChI is InChI=1S/C24H24FN5O/c1-16-5-4-10-30-20(17(2)28-24(16)30)14-29-11-12-31-21(15-29)23-22(26-8-9-27-23)18-6-3-7-19(25)13-18/h3-10,13,21H,11-12,14-15H2,1-2H3/t21-/m0/s1. The van der Waals surface area contributed by atoms with Gasteiger partial charge in [0.25, 0.3) is 0 Å². The molecule has 0 spiro atoms. The second-order valence-corrected chi connectivity index (χ2v) is 7.92. The number of pyridine rings is 1. The van der Waals surface area contributed by atoms with Gasteiger partial charge in [-0.15, -0.1) is 0 Å². The number of hydrogen-bond donors (Lipinski definition) is 0. The Balaban J connectivity index is 1.43. The van der Waals surface area contributed by atoms with E-state index in [9.17, 15) is 4.39 Å². The minimum atomic E-state index is -0.293. The number of ether oxygens (including phenoxy) is 1. The lowest BCUT2D eigenvalue weighted by Crippen LogP contribution is -2.38.